The first-order chi connectivity index (χ1) is 11.8. The number of benzene rings is 2. The molecule has 1 amide bonds. The van der Waals surface area contributed by atoms with Gasteiger partial charge in [0.25, 0.3) is 0 Å². The predicted molar refractivity (Wildman–Crippen MR) is 95.5 cm³/mol. The molecular weight excluding hydrogens is 296 g/mol. The molecule has 120 valence electrons. The largest absolute Gasteiger partial charge is 0.349 e. The SMILES string of the molecule is C[C@@H](NC(=O)C(c1ccccc1)c1ccccc1)c1cccnc1. The molecule has 1 aromatic heterocycles. The maximum absolute atomic E-state index is 13.0. The molecule has 0 fully saturated rings. The Bertz CT molecular complexity index is 733. The molecule has 0 radical (unpaired) electrons. The van der Waals surface area contributed by atoms with E-state index in [2.05, 4.69) is 10.3 Å². The highest BCUT2D eigenvalue weighted by atomic mass is 16.1. The van der Waals surface area contributed by atoms with Crippen LogP contribution in [0, 0.1) is 0 Å². The molecule has 1 N–H and O–H groups in total. The maximum Gasteiger partial charge on any atom is 0.232 e. The van der Waals surface area contributed by atoms with Gasteiger partial charge in [-0.05, 0) is 29.7 Å². The Hall–Kier alpha value is -2.94. The highest BCUT2D eigenvalue weighted by Gasteiger charge is 2.24. The molecule has 3 aromatic rings. The molecule has 3 nitrogen and oxygen atoms in total. The summed E-state index contributed by atoms with van der Waals surface area (Å²) in [5.41, 5.74) is 2.96. The Morgan fingerprint density at radius 1 is 0.833 bits per heavy atom. The van der Waals surface area contributed by atoms with Crippen LogP contribution >= 0.6 is 0 Å². The zero-order valence-corrected chi connectivity index (χ0v) is 13.6. The Balaban J connectivity index is 1.87. The fourth-order valence-electron chi connectivity index (χ4n) is 2.80. The van der Waals surface area contributed by atoms with Gasteiger partial charge in [-0.1, -0.05) is 66.7 Å². The summed E-state index contributed by atoms with van der Waals surface area (Å²) in [5.74, 6) is -0.338. The first-order valence-corrected chi connectivity index (χ1v) is 8.06. The minimum atomic E-state index is -0.327. The molecule has 0 aliphatic heterocycles. The molecule has 0 spiro atoms. The molecule has 0 saturated heterocycles. The highest BCUT2D eigenvalue weighted by Crippen LogP contribution is 2.25. The van der Waals surface area contributed by atoms with Gasteiger partial charge in [0.05, 0.1) is 12.0 Å². The predicted octanol–water partition coefficient (Wildman–Crippen LogP) is 4.09. The second-order valence-electron chi connectivity index (χ2n) is 5.77. The van der Waals surface area contributed by atoms with Gasteiger partial charge in [0.2, 0.25) is 5.91 Å². The monoisotopic (exact) mass is 316 g/mol. The van der Waals surface area contributed by atoms with Gasteiger partial charge in [0, 0.05) is 12.4 Å². The third-order valence-electron chi connectivity index (χ3n) is 4.07. The van der Waals surface area contributed by atoms with Crippen LogP contribution in [0.1, 0.15) is 35.6 Å². The Morgan fingerprint density at radius 3 is 1.88 bits per heavy atom. The van der Waals surface area contributed by atoms with Gasteiger partial charge in [-0.2, -0.15) is 0 Å². The van der Waals surface area contributed by atoms with Crippen LogP contribution in [0.15, 0.2) is 85.2 Å². The van der Waals surface area contributed by atoms with Crippen molar-refractivity contribution in [1.82, 2.24) is 10.3 Å². The molecule has 0 saturated carbocycles. The van der Waals surface area contributed by atoms with E-state index in [1.165, 1.54) is 0 Å². The summed E-state index contributed by atoms with van der Waals surface area (Å²) in [6.07, 6.45) is 3.51. The van der Waals surface area contributed by atoms with Crippen molar-refractivity contribution in [3.8, 4) is 0 Å². The van der Waals surface area contributed by atoms with Crippen molar-refractivity contribution < 1.29 is 4.79 Å². The number of aromatic nitrogens is 1. The van der Waals surface area contributed by atoms with E-state index in [9.17, 15) is 4.79 Å². The van der Waals surface area contributed by atoms with E-state index < -0.39 is 0 Å². The lowest BCUT2D eigenvalue weighted by atomic mass is 9.90. The standard InChI is InChI=1S/C21H20N2O/c1-16(19-13-8-14-22-15-19)23-21(24)20(17-9-4-2-5-10-17)18-11-6-3-7-12-18/h2-16,20H,1H3,(H,23,24)/t16-/m1/s1. The molecule has 0 bridgehead atoms. The molecule has 0 aliphatic carbocycles. The van der Waals surface area contributed by atoms with Crippen LogP contribution in [0.25, 0.3) is 0 Å². The summed E-state index contributed by atoms with van der Waals surface area (Å²) in [4.78, 5) is 17.1. The van der Waals surface area contributed by atoms with Crippen LogP contribution in [0.4, 0.5) is 0 Å². The van der Waals surface area contributed by atoms with Gasteiger partial charge >= 0.3 is 0 Å². The van der Waals surface area contributed by atoms with E-state index in [0.717, 1.165) is 16.7 Å². The number of carbonyl (C=O) groups is 1. The minimum absolute atomic E-state index is 0.0104. The van der Waals surface area contributed by atoms with Crippen LogP contribution < -0.4 is 5.32 Å². The number of amides is 1. The van der Waals surface area contributed by atoms with Crippen molar-refractivity contribution >= 4 is 5.91 Å². The average molecular weight is 316 g/mol. The summed E-state index contributed by atoms with van der Waals surface area (Å²) in [6, 6.07) is 23.5. The second kappa shape index (κ2) is 7.55. The van der Waals surface area contributed by atoms with Gasteiger partial charge < -0.3 is 5.32 Å². The number of nitrogens with one attached hydrogen (secondary N) is 1. The van der Waals surface area contributed by atoms with Crippen molar-refractivity contribution in [3.05, 3.63) is 102 Å². The van der Waals surface area contributed by atoms with Gasteiger partial charge in [-0.3, -0.25) is 9.78 Å². The summed E-state index contributed by atoms with van der Waals surface area (Å²) >= 11 is 0. The van der Waals surface area contributed by atoms with Crippen LogP contribution in [-0.4, -0.2) is 10.9 Å². The normalized spacial score (nSPS) is 11.9. The van der Waals surface area contributed by atoms with Gasteiger partial charge in [-0.15, -0.1) is 0 Å². The topological polar surface area (TPSA) is 42.0 Å². The van der Waals surface area contributed by atoms with Crippen molar-refractivity contribution in [2.75, 3.05) is 0 Å². The lowest BCUT2D eigenvalue weighted by Crippen LogP contribution is -2.32. The summed E-state index contributed by atoms with van der Waals surface area (Å²) < 4.78 is 0. The summed E-state index contributed by atoms with van der Waals surface area (Å²) in [6.45, 7) is 1.97. The number of pyridine rings is 1. The minimum Gasteiger partial charge on any atom is -0.349 e. The van der Waals surface area contributed by atoms with Crippen molar-refractivity contribution in [2.45, 2.75) is 18.9 Å². The molecule has 0 unspecified atom stereocenters. The molecule has 3 heteroatoms. The molecule has 2 aromatic carbocycles. The third kappa shape index (κ3) is 3.69. The zero-order valence-electron chi connectivity index (χ0n) is 13.6. The fraction of sp³-hybridized carbons (Fsp3) is 0.143. The lowest BCUT2D eigenvalue weighted by molar-refractivity contribution is -0.122. The van der Waals surface area contributed by atoms with Gasteiger partial charge in [0.1, 0.15) is 0 Å². The summed E-state index contributed by atoms with van der Waals surface area (Å²) in [5, 5.41) is 3.11. The van der Waals surface area contributed by atoms with Crippen molar-refractivity contribution in [2.24, 2.45) is 0 Å². The van der Waals surface area contributed by atoms with E-state index in [1.54, 1.807) is 12.4 Å². The molecule has 1 heterocycles. The average Bonchev–Trinajstić information content (AvgIpc) is 2.64. The first kappa shape index (κ1) is 15.9. The molecular formula is C21H20N2O. The van der Waals surface area contributed by atoms with Crippen molar-refractivity contribution in [1.29, 1.82) is 0 Å². The van der Waals surface area contributed by atoms with Gasteiger partial charge in [0.15, 0.2) is 0 Å². The van der Waals surface area contributed by atoms with E-state index in [-0.39, 0.29) is 17.9 Å². The summed E-state index contributed by atoms with van der Waals surface area (Å²) in [7, 11) is 0. The maximum atomic E-state index is 13.0. The van der Waals surface area contributed by atoms with Crippen LogP contribution in [0.3, 0.4) is 0 Å². The smallest absolute Gasteiger partial charge is 0.232 e. The second-order valence-corrected chi connectivity index (χ2v) is 5.77. The highest BCUT2D eigenvalue weighted by molar-refractivity contribution is 5.87. The Morgan fingerprint density at radius 2 is 1.38 bits per heavy atom. The third-order valence-corrected chi connectivity index (χ3v) is 4.07. The van der Waals surface area contributed by atoms with E-state index in [0.29, 0.717) is 0 Å². The zero-order chi connectivity index (χ0) is 16.8. The fourth-order valence-corrected chi connectivity index (χ4v) is 2.80. The number of hydrogen-bond acceptors (Lipinski definition) is 2. The van der Waals surface area contributed by atoms with Gasteiger partial charge in [-0.25, -0.2) is 0 Å². The van der Waals surface area contributed by atoms with Crippen LogP contribution in [0.5, 0.6) is 0 Å². The quantitative estimate of drug-likeness (QED) is 0.770. The number of rotatable bonds is 5. The molecule has 3 rings (SSSR count). The lowest BCUT2D eigenvalue weighted by Gasteiger charge is -2.21. The number of nitrogens with zero attached hydrogens (tertiary/aromatic N) is 1. The number of hydrogen-bond donors (Lipinski definition) is 1. The van der Waals surface area contributed by atoms with Crippen LogP contribution in [0.2, 0.25) is 0 Å². The molecule has 0 aliphatic rings. The first-order valence-electron chi connectivity index (χ1n) is 8.06. The van der Waals surface area contributed by atoms with Crippen molar-refractivity contribution in [3.63, 3.8) is 0 Å². The molecule has 24 heavy (non-hydrogen) atoms. The number of carbonyl (C=O) groups excluding carboxylic acids is 1. The van der Waals surface area contributed by atoms with E-state index >= 15 is 0 Å². The Labute approximate surface area is 142 Å². The van der Waals surface area contributed by atoms with E-state index in [4.69, 9.17) is 0 Å². The van der Waals surface area contributed by atoms with E-state index in [1.807, 2.05) is 79.7 Å². The van der Waals surface area contributed by atoms with Crippen LogP contribution in [-0.2, 0) is 4.79 Å². The Kier molecular flexibility index (Phi) is 5.02. The molecule has 1 atom stereocenters.